The van der Waals surface area contributed by atoms with Gasteiger partial charge in [-0.25, -0.2) is 14.2 Å². The zero-order chi connectivity index (χ0) is 16.7. The Morgan fingerprint density at radius 3 is 3.09 bits per heavy atom. The van der Waals surface area contributed by atoms with Crippen LogP contribution in [0.5, 0.6) is 0 Å². The molecule has 114 valence electrons. The minimum Gasteiger partial charge on any atom is -0.461 e. The highest BCUT2D eigenvalue weighted by atomic mass is 19.1. The topological polar surface area (TPSA) is 64.4 Å². The first kappa shape index (κ1) is 13.0. The summed E-state index contributed by atoms with van der Waals surface area (Å²) in [6.07, 6.45) is 1.38. The van der Waals surface area contributed by atoms with Crippen molar-refractivity contribution in [1.82, 2.24) is 14.5 Å². The summed E-state index contributed by atoms with van der Waals surface area (Å²) in [6.45, 7) is 2.02. The van der Waals surface area contributed by atoms with Gasteiger partial charge in [-0.2, -0.15) is 0 Å². The van der Waals surface area contributed by atoms with E-state index in [4.69, 9.17) is 6.11 Å². The van der Waals surface area contributed by atoms with E-state index < -0.39 is 17.7 Å². The highest BCUT2D eigenvalue weighted by molar-refractivity contribution is 5.99. The van der Waals surface area contributed by atoms with Gasteiger partial charge in [0.1, 0.15) is 12.1 Å². The number of hydrogen-bond acceptors (Lipinski definition) is 4. The minimum absolute atomic E-state index is 0.107. The van der Waals surface area contributed by atoms with Gasteiger partial charge in [0, 0.05) is 7.05 Å². The average molecular weight is 304 g/mol. The van der Waals surface area contributed by atoms with Crippen LogP contribution >= 0.6 is 0 Å². The van der Waals surface area contributed by atoms with E-state index in [2.05, 4.69) is 4.98 Å². The zero-order valence-corrected chi connectivity index (χ0v) is 12.1. The number of aromatic nitrogens is 2. The summed E-state index contributed by atoms with van der Waals surface area (Å²) in [4.78, 5) is 29.9. The minimum atomic E-state index is -0.778. The quantitative estimate of drug-likeness (QED) is 0.793. The highest BCUT2D eigenvalue weighted by Gasteiger charge is 2.29. The van der Waals surface area contributed by atoms with Crippen LogP contribution in [-0.4, -0.2) is 40.0 Å². The summed E-state index contributed by atoms with van der Waals surface area (Å²) < 4.78 is 27.8. The van der Waals surface area contributed by atoms with Crippen LogP contribution in [0.4, 0.5) is 4.39 Å². The van der Waals surface area contributed by atoms with Gasteiger partial charge in [-0.1, -0.05) is 0 Å². The lowest BCUT2D eigenvalue weighted by atomic mass is 10.1. The summed E-state index contributed by atoms with van der Waals surface area (Å²) in [5, 5.41) is 0. The van der Waals surface area contributed by atoms with E-state index in [0.29, 0.717) is 11.4 Å². The lowest BCUT2D eigenvalue weighted by molar-refractivity contribution is 0.0516. The van der Waals surface area contributed by atoms with E-state index in [1.54, 1.807) is 14.0 Å². The molecule has 0 bridgehead atoms. The van der Waals surface area contributed by atoms with E-state index >= 15 is 0 Å². The second kappa shape index (κ2) is 5.25. The SMILES string of the molecule is [2H]c1cc2c(cc1F)C(=O)N(C)Cc1c(C(=O)OCC)ncn1-2. The van der Waals surface area contributed by atoms with Crippen LogP contribution in [0.2, 0.25) is 0 Å². The number of imidazole rings is 1. The van der Waals surface area contributed by atoms with Gasteiger partial charge in [0.25, 0.3) is 5.91 Å². The van der Waals surface area contributed by atoms with E-state index in [1.165, 1.54) is 21.9 Å². The molecule has 7 heteroatoms. The van der Waals surface area contributed by atoms with Crippen molar-refractivity contribution in [3.05, 3.63) is 47.3 Å². The fourth-order valence-corrected chi connectivity index (χ4v) is 2.43. The first-order valence-corrected chi connectivity index (χ1v) is 6.73. The zero-order valence-electron chi connectivity index (χ0n) is 13.1. The Labute approximate surface area is 127 Å². The Morgan fingerprint density at radius 1 is 1.59 bits per heavy atom. The smallest absolute Gasteiger partial charge is 0.358 e. The number of carbonyl (C=O) groups is 2. The van der Waals surface area contributed by atoms with Crippen LogP contribution in [0.15, 0.2) is 24.5 Å². The molecular weight excluding hydrogens is 289 g/mol. The van der Waals surface area contributed by atoms with Crippen molar-refractivity contribution in [3.63, 3.8) is 0 Å². The predicted octanol–water partition coefficient (Wildman–Crippen LogP) is 1.77. The normalized spacial score (nSPS) is 14.0. The molecular formula is C15H14FN3O3. The average Bonchev–Trinajstić information content (AvgIpc) is 2.88. The largest absolute Gasteiger partial charge is 0.461 e. The number of fused-ring (bicyclic) bond motifs is 3. The van der Waals surface area contributed by atoms with E-state index in [0.717, 1.165) is 6.07 Å². The van der Waals surface area contributed by atoms with Crippen LogP contribution in [0, 0.1) is 5.82 Å². The van der Waals surface area contributed by atoms with Crippen LogP contribution in [0.25, 0.3) is 5.69 Å². The molecule has 0 saturated carbocycles. The molecule has 1 aliphatic rings. The number of benzene rings is 1. The van der Waals surface area contributed by atoms with Crippen molar-refractivity contribution in [1.29, 1.82) is 0 Å². The summed E-state index contributed by atoms with van der Waals surface area (Å²) in [5.41, 5.74) is 1.01. The number of amides is 1. The number of ether oxygens (including phenoxy) is 1. The van der Waals surface area contributed by atoms with Crippen molar-refractivity contribution in [2.75, 3.05) is 13.7 Å². The maximum Gasteiger partial charge on any atom is 0.358 e. The highest BCUT2D eigenvalue weighted by Crippen LogP contribution is 2.26. The fourth-order valence-electron chi connectivity index (χ4n) is 2.43. The van der Waals surface area contributed by atoms with Crippen molar-refractivity contribution < 1.29 is 20.1 Å². The standard InChI is InChI=1S/C15H14FN3O3/c1-3-22-15(21)13-12-7-18(2)14(20)10-6-9(16)4-5-11(10)19(12)8-17-13/h4-6,8H,3,7H2,1-2H3/i4D. The molecule has 0 radical (unpaired) electrons. The van der Waals surface area contributed by atoms with Crippen LogP contribution in [0.1, 0.15) is 34.8 Å². The molecule has 6 nitrogen and oxygen atoms in total. The molecule has 0 fully saturated rings. The Bertz CT molecular complexity index is 819. The van der Waals surface area contributed by atoms with Crippen LogP contribution < -0.4 is 0 Å². The second-order valence-corrected chi connectivity index (χ2v) is 4.87. The van der Waals surface area contributed by atoms with Crippen LogP contribution in [-0.2, 0) is 11.3 Å². The van der Waals surface area contributed by atoms with Crippen LogP contribution in [0.3, 0.4) is 0 Å². The molecule has 1 aromatic heterocycles. The van der Waals surface area contributed by atoms with Gasteiger partial charge in [0.2, 0.25) is 0 Å². The van der Waals surface area contributed by atoms with Gasteiger partial charge >= 0.3 is 5.97 Å². The van der Waals surface area contributed by atoms with Gasteiger partial charge in [-0.05, 0) is 25.1 Å². The Hall–Kier alpha value is -2.70. The van der Waals surface area contributed by atoms with Gasteiger partial charge in [0.05, 0.1) is 31.5 Å². The Balaban J connectivity index is 2.23. The Morgan fingerprint density at radius 2 is 2.36 bits per heavy atom. The first-order chi connectivity index (χ1) is 10.9. The predicted molar refractivity (Wildman–Crippen MR) is 75.3 cm³/mol. The van der Waals surface area contributed by atoms with Gasteiger partial charge in [-0.15, -0.1) is 0 Å². The van der Waals surface area contributed by atoms with E-state index in [1.807, 2.05) is 0 Å². The summed E-state index contributed by atoms with van der Waals surface area (Å²) in [7, 11) is 1.55. The third kappa shape index (κ3) is 2.14. The number of carbonyl (C=O) groups excluding carboxylic acids is 2. The van der Waals surface area contributed by atoms with Crippen molar-refractivity contribution in [2.45, 2.75) is 13.5 Å². The first-order valence-electron chi connectivity index (χ1n) is 7.23. The Kier molecular flexibility index (Phi) is 3.10. The molecule has 22 heavy (non-hydrogen) atoms. The third-order valence-corrected chi connectivity index (χ3v) is 3.45. The van der Waals surface area contributed by atoms with Gasteiger partial charge in [-0.3, -0.25) is 9.36 Å². The monoisotopic (exact) mass is 304 g/mol. The fraction of sp³-hybridized carbons (Fsp3) is 0.267. The molecule has 0 N–H and O–H groups in total. The molecule has 0 atom stereocenters. The lowest BCUT2D eigenvalue weighted by Crippen LogP contribution is -2.26. The maximum absolute atomic E-state index is 13.7. The summed E-state index contributed by atoms with van der Waals surface area (Å²) >= 11 is 0. The molecule has 3 rings (SSSR count). The molecule has 1 amide bonds. The number of rotatable bonds is 2. The maximum atomic E-state index is 13.7. The molecule has 0 saturated heterocycles. The molecule has 0 spiro atoms. The van der Waals surface area contributed by atoms with E-state index in [9.17, 15) is 14.0 Å². The molecule has 0 aliphatic carbocycles. The number of nitrogens with zero attached hydrogens (tertiary/aromatic N) is 3. The van der Waals surface area contributed by atoms with Crippen molar-refractivity contribution >= 4 is 11.9 Å². The molecule has 2 aromatic rings. The molecule has 2 heterocycles. The number of halogens is 1. The number of hydrogen-bond donors (Lipinski definition) is 0. The third-order valence-electron chi connectivity index (χ3n) is 3.45. The van der Waals surface area contributed by atoms with Crippen molar-refractivity contribution in [3.8, 4) is 5.69 Å². The second-order valence-electron chi connectivity index (χ2n) is 4.87. The summed E-state index contributed by atoms with van der Waals surface area (Å²) in [6, 6.07) is 1.95. The molecule has 1 aliphatic heterocycles. The van der Waals surface area contributed by atoms with Gasteiger partial charge in [0.15, 0.2) is 5.69 Å². The molecule has 1 aromatic carbocycles. The molecule has 0 unspecified atom stereocenters. The van der Waals surface area contributed by atoms with Gasteiger partial charge < -0.3 is 9.64 Å². The van der Waals surface area contributed by atoms with E-state index in [-0.39, 0.29) is 30.5 Å². The van der Waals surface area contributed by atoms with Crippen molar-refractivity contribution in [2.24, 2.45) is 0 Å². The number of esters is 1. The lowest BCUT2D eigenvalue weighted by Gasteiger charge is -2.14. The summed E-state index contributed by atoms with van der Waals surface area (Å²) in [5.74, 6) is -1.75.